The van der Waals surface area contributed by atoms with E-state index in [-0.39, 0.29) is 23.4 Å². The number of hydrogen-bond donors (Lipinski definition) is 3. The predicted octanol–water partition coefficient (Wildman–Crippen LogP) is 2.37. The highest BCUT2D eigenvalue weighted by Gasteiger charge is 2.31. The van der Waals surface area contributed by atoms with Gasteiger partial charge in [-0.2, -0.15) is 0 Å². The van der Waals surface area contributed by atoms with Crippen LogP contribution in [0.5, 0.6) is 0 Å². The van der Waals surface area contributed by atoms with E-state index in [0.29, 0.717) is 0 Å². The molecule has 122 valence electrons. The molecule has 0 aromatic heterocycles. The normalized spacial score (nSPS) is 23.8. The molecule has 0 aromatic rings. The summed E-state index contributed by atoms with van der Waals surface area (Å²) in [6, 6.07) is -0.501. The Morgan fingerprint density at radius 3 is 2.10 bits per heavy atom. The van der Waals surface area contributed by atoms with E-state index in [1.807, 2.05) is 0 Å². The Kier molecular flexibility index (Phi) is 6.05. The number of nitrogens with two attached hydrogens (primary N) is 1. The van der Waals surface area contributed by atoms with Crippen molar-refractivity contribution in [3.63, 3.8) is 0 Å². The van der Waals surface area contributed by atoms with Gasteiger partial charge in [0.1, 0.15) is 5.84 Å². The molecule has 6 heteroatoms. The topological polar surface area (TPSA) is 96.0 Å². The lowest BCUT2D eigenvalue weighted by atomic mass is 9.84. The maximum atomic E-state index is 12.4. The number of amidine groups is 1. The molecular formula is C15H29N3O2S. The first kappa shape index (κ1) is 16.7. The van der Waals surface area contributed by atoms with Crippen LogP contribution in [0.2, 0.25) is 0 Å². The van der Waals surface area contributed by atoms with Gasteiger partial charge in [0.25, 0.3) is 0 Å². The van der Waals surface area contributed by atoms with Crippen LogP contribution in [0.15, 0.2) is 0 Å². The molecule has 2 saturated carbocycles. The molecule has 2 rings (SSSR count). The molecular weight excluding hydrogens is 286 g/mol. The van der Waals surface area contributed by atoms with E-state index in [4.69, 9.17) is 11.1 Å². The van der Waals surface area contributed by atoms with Crippen molar-refractivity contribution < 1.29 is 8.42 Å². The molecule has 2 aliphatic rings. The van der Waals surface area contributed by atoms with Gasteiger partial charge in [-0.15, -0.1) is 0 Å². The molecule has 1 unspecified atom stereocenters. The van der Waals surface area contributed by atoms with Crippen LogP contribution in [-0.4, -0.2) is 26.0 Å². The average molecular weight is 315 g/mol. The predicted molar refractivity (Wildman–Crippen MR) is 85.8 cm³/mol. The molecule has 5 nitrogen and oxygen atoms in total. The monoisotopic (exact) mass is 315 g/mol. The minimum atomic E-state index is -3.35. The minimum absolute atomic E-state index is 0.0332. The second kappa shape index (κ2) is 7.58. The van der Waals surface area contributed by atoms with Crippen LogP contribution < -0.4 is 10.5 Å². The van der Waals surface area contributed by atoms with Gasteiger partial charge in [0.15, 0.2) is 0 Å². The van der Waals surface area contributed by atoms with Crippen LogP contribution in [-0.2, 0) is 10.0 Å². The van der Waals surface area contributed by atoms with E-state index < -0.39 is 16.1 Å². The van der Waals surface area contributed by atoms with Crippen molar-refractivity contribution in [1.29, 1.82) is 5.41 Å². The van der Waals surface area contributed by atoms with Gasteiger partial charge in [-0.05, 0) is 37.5 Å². The molecule has 4 N–H and O–H groups in total. The fourth-order valence-electron chi connectivity index (χ4n) is 3.79. The summed E-state index contributed by atoms with van der Waals surface area (Å²) in [5, 5.41) is 7.74. The summed E-state index contributed by atoms with van der Waals surface area (Å²) in [5.41, 5.74) is 5.66. The highest BCUT2D eigenvalue weighted by atomic mass is 32.2. The quantitative estimate of drug-likeness (QED) is 0.518. The summed E-state index contributed by atoms with van der Waals surface area (Å²) in [7, 11) is -3.35. The number of hydrogen-bond acceptors (Lipinski definition) is 3. The second-order valence-electron chi connectivity index (χ2n) is 6.73. The Bertz CT molecular complexity index is 438. The maximum Gasteiger partial charge on any atom is 0.212 e. The first-order chi connectivity index (χ1) is 9.98. The van der Waals surface area contributed by atoms with E-state index in [0.717, 1.165) is 51.4 Å². The Morgan fingerprint density at radius 2 is 1.57 bits per heavy atom. The largest absolute Gasteiger partial charge is 0.386 e. The second-order valence-corrected chi connectivity index (χ2v) is 8.53. The molecule has 0 aromatic carbocycles. The Morgan fingerprint density at radius 1 is 1.05 bits per heavy atom. The Hall–Kier alpha value is -0.620. The van der Waals surface area contributed by atoms with Crippen LogP contribution in [0, 0.1) is 17.2 Å². The zero-order valence-corrected chi connectivity index (χ0v) is 13.6. The van der Waals surface area contributed by atoms with Crippen molar-refractivity contribution in [2.45, 2.75) is 70.3 Å². The highest BCUT2D eigenvalue weighted by molar-refractivity contribution is 7.89. The Labute approximate surface area is 128 Å². The minimum Gasteiger partial charge on any atom is -0.386 e. The van der Waals surface area contributed by atoms with Crippen molar-refractivity contribution in [2.24, 2.45) is 17.6 Å². The molecule has 21 heavy (non-hydrogen) atoms. The van der Waals surface area contributed by atoms with Crippen LogP contribution in [0.1, 0.15) is 64.2 Å². The molecule has 2 aliphatic carbocycles. The van der Waals surface area contributed by atoms with E-state index >= 15 is 0 Å². The smallest absolute Gasteiger partial charge is 0.212 e. The van der Waals surface area contributed by atoms with Gasteiger partial charge in [0.05, 0.1) is 11.8 Å². The van der Waals surface area contributed by atoms with Crippen LogP contribution in [0.25, 0.3) is 0 Å². The fraction of sp³-hybridized carbons (Fsp3) is 0.933. The van der Waals surface area contributed by atoms with Gasteiger partial charge < -0.3 is 5.73 Å². The van der Waals surface area contributed by atoms with E-state index in [2.05, 4.69) is 4.72 Å². The van der Waals surface area contributed by atoms with Gasteiger partial charge in [0.2, 0.25) is 10.0 Å². The van der Waals surface area contributed by atoms with Crippen LogP contribution >= 0.6 is 0 Å². The van der Waals surface area contributed by atoms with Gasteiger partial charge in [0, 0.05) is 0 Å². The molecule has 0 radical (unpaired) electrons. The molecule has 0 bridgehead atoms. The lowest BCUT2D eigenvalue weighted by molar-refractivity contribution is 0.327. The molecule has 0 saturated heterocycles. The molecule has 0 spiro atoms. The zero-order chi connectivity index (χ0) is 15.3. The molecule has 0 aliphatic heterocycles. The summed E-state index contributed by atoms with van der Waals surface area (Å²) in [6.45, 7) is 0. The standard InChI is InChI=1S/C15H29N3O2S/c16-15(17)14(13-9-5-2-6-10-13)18-21(19,20)11-12-7-3-1-4-8-12/h12-14,18H,1-11H2,(H3,16,17). The summed E-state index contributed by atoms with van der Waals surface area (Å²) >= 11 is 0. The van der Waals surface area contributed by atoms with Crippen molar-refractivity contribution in [2.75, 3.05) is 5.75 Å². The number of nitrogens with one attached hydrogen (secondary N) is 2. The van der Waals surface area contributed by atoms with Gasteiger partial charge >= 0.3 is 0 Å². The van der Waals surface area contributed by atoms with Crippen molar-refractivity contribution >= 4 is 15.9 Å². The van der Waals surface area contributed by atoms with E-state index in [1.54, 1.807) is 0 Å². The fourth-order valence-corrected chi connectivity index (χ4v) is 5.54. The summed E-state index contributed by atoms with van der Waals surface area (Å²) in [6.07, 6.45) is 10.9. The summed E-state index contributed by atoms with van der Waals surface area (Å²) < 4.78 is 27.5. The van der Waals surface area contributed by atoms with Crippen molar-refractivity contribution in [3.8, 4) is 0 Å². The highest BCUT2D eigenvalue weighted by Crippen LogP contribution is 2.28. The Balaban J connectivity index is 1.95. The molecule has 0 amide bonds. The van der Waals surface area contributed by atoms with Gasteiger partial charge in [-0.25, -0.2) is 13.1 Å². The SMILES string of the molecule is N=C(N)C(NS(=O)(=O)CC1CCCCC1)C1CCCCC1. The third kappa shape index (κ3) is 5.25. The van der Waals surface area contributed by atoms with Crippen molar-refractivity contribution in [3.05, 3.63) is 0 Å². The van der Waals surface area contributed by atoms with E-state index in [1.165, 1.54) is 12.8 Å². The number of sulfonamides is 1. The van der Waals surface area contributed by atoms with Gasteiger partial charge in [-0.3, -0.25) is 5.41 Å². The van der Waals surface area contributed by atoms with Crippen molar-refractivity contribution in [1.82, 2.24) is 4.72 Å². The molecule has 1 atom stereocenters. The third-order valence-electron chi connectivity index (χ3n) is 4.94. The third-order valence-corrected chi connectivity index (χ3v) is 6.47. The van der Waals surface area contributed by atoms with Crippen LogP contribution in [0.4, 0.5) is 0 Å². The van der Waals surface area contributed by atoms with Gasteiger partial charge in [-0.1, -0.05) is 38.5 Å². The molecule has 2 fully saturated rings. The van der Waals surface area contributed by atoms with E-state index in [9.17, 15) is 8.42 Å². The lowest BCUT2D eigenvalue weighted by Crippen LogP contribution is -2.50. The number of rotatable bonds is 6. The van der Waals surface area contributed by atoms with Crippen LogP contribution in [0.3, 0.4) is 0 Å². The molecule has 0 heterocycles. The summed E-state index contributed by atoms with van der Waals surface area (Å²) in [4.78, 5) is 0. The first-order valence-corrected chi connectivity index (χ1v) is 9.97. The summed E-state index contributed by atoms with van der Waals surface area (Å²) in [5.74, 6) is 0.630. The lowest BCUT2D eigenvalue weighted by Gasteiger charge is -2.30. The first-order valence-electron chi connectivity index (χ1n) is 8.32. The zero-order valence-electron chi connectivity index (χ0n) is 12.8. The maximum absolute atomic E-state index is 12.4. The average Bonchev–Trinajstić information content (AvgIpc) is 2.46.